The zero-order valence-corrected chi connectivity index (χ0v) is 27.4. The van der Waals surface area contributed by atoms with Crippen LogP contribution in [0.3, 0.4) is 0 Å². The minimum atomic E-state index is -1.11. The van der Waals surface area contributed by atoms with Crippen molar-refractivity contribution in [1.82, 2.24) is 19.8 Å². The first-order valence-electron chi connectivity index (χ1n) is 13.9. The van der Waals surface area contributed by atoms with E-state index in [0.29, 0.717) is 37.3 Å². The molecule has 0 radical (unpaired) electrons. The molecule has 1 atom stereocenters. The van der Waals surface area contributed by atoms with E-state index in [-0.39, 0.29) is 50.5 Å². The lowest BCUT2D eigenvalue weighted by atomic mass is 9.94. The molecule has 1 saturated heterocycles. The standard InChI is InChI=1S/C31H27Cl4FN6O3/c1-5-19(43)40-8-10-41(11-9-40)28-16-12-18(32)26(20-24(36)22(34)21(33)23(35)29(20)44)39-30(16)42(31(45)17(28)13-37)27-15(4)6-7-38-25(27)14(2)3/h5-7,12,14,25,38,44H,1,8-11H2,2-4H3/t25-/m1/s1. The van der Waals surface area contributed by atoms with E-state index in [1.807, 2.05) is 25.7 Å². The van der Waals surface area contributed by atoms with E-state index in [1.165, 1.54) is 16.7 Å². The number of nitrogens with one attached hydrogen (secondary N) is 1. The first-order valence-corrected chi connectivity index (χ1v) is 15.4. The molecule has 0 saturated carbocycles. The molecule has 45 heavy (non-hydrogen) atoms. The summed E-state index contributed by atoms with van der Waals surface area (Å²) in [5.74, 6) is -2.09. The molecular formula is C31H27Cl4FN6O3. The summed E-state index contributed by atoms with van der Waals surface area (Å²) >= 11 is 25.1. The number of hydrogen-bond acceptors (Lipinski definition) is 7. The molecule has 234 valence electrons. The molecule has 0 aliphatic carbocycles. The summed E-state index contributed by atoms with van der Waals surface area (Å²) in [6.45, 7) is 10.5. The van der Waals surface area contributed by atoms with Crippen molar-refractivity contribution >= 4 is 74.7 Å². The van der Waals surface area contributed by atoms with E-state index in [0.717, 1.165) is 5.57 Å². The van der Waals surface area contributed by atoms with Gasteiger partial charge in [-0.05, 0) is 42.8 Å². The van der Waals surface area contributed by atoms with Crippen molar-refractivity contribution in [2.24, 2.45) is 5.92 Å². The fourth-order valence-electron chi connectivity index (χ4n) is 5.72. The van der Waals surface area contributed by atoms with Crippen molar-refractivity contribution in [3.8, 4) is 23.1 Å². The number of piperazine rings is 1. The van der Waals surface area contributed by atoms with Gasteiger partial charge in [0.25, 0.3) is 5.56 Å². The van der Waals surface area contributed by atoms with E-state index < -0.39 is 32.7 Å². The highest BCUT2D eigenvalue weighted by atomic mass is 35.5. The predicted molar refractivity (Wildman–Crippen MR) is 177 cm³/mol. The summed E-state index contributed by atoms with van der Waals surface area (Å²) in [6.07, 6.45) is 4.81. The Kier molecular flexibility index (Phi) is 9.11. The second-order valence-corrected chi connectivity index (χ2v) is 12.5. The largest absolute Gasteiger partial charge is 0.506 e. The van der Waals surface area contributed by atoms with Crippen LogP contribution in [-0.4, -0.2) is 57.7 Å². The van der Waals surface area contributed by atoms with Gasteiger partial charge in [0.15, 0.2) is 5.82 Å². The third-order valence-corrected chi connectivity index (χ3v) is 9.55. The van der Waals surface area contributed by atoms with Crippen LogP contribution in [0, 0.1) is 23.1 Å². The molecule has 5 rings (SSSR count). The maximum absolute atomic E-state index is 15.6. The third-order valence-electron chi connectivity index (χ3n) is 7.96. The van der Waals surface area contributed by atoms with E-state index in [1.54, 1.807) is 17.2 Å². The fourth-order valence-corrected chi connectivity index (χ4v) is 6.57. The lowest BCUT2D eigenvalue weighted by Gasteiger charge is -2.37. The van der Waals surface area contributed by atoms with Crippen LogP contribution in [0.25, 0.3) is 28.0 Å². The zero-order valence-electron chi connectivity index (χ0n) is 24.4. The lowest BCUT2D eigenvalue weighted by molar-refractivity contribution is -0.126. The number of fused-ring (bicyclic) bond motifs is 1. The smallest absolute Gasteiger partial charge is 0.276 e. The van der Waals surface area contributed by atoms with E-state index in [4.69, 9.17) is 51.4 Å². The normalized spacial score (nSPS) is 16.8. The number of benzene rings is 1. The van der Waals surface area contributed by atoms with Gasteiger partial charge in [-0.25, -0.2) is 9.37 Å². The predicted octanol–water partition coefficient (Wildman–Crippen LogP) is 6.60. The number of rotatable bonds is 5. The second-order valence-electron chi connectivity index (χ2n) is 11.0. The van der Waals surface area contributed by atoms with Crippen molar-refractivity contribution < 1.29 is 14.3 Å². The minimum absolute atomic E-state index is 0.00956. The number of anilines is 1. The number of carbonyl (C=O) groups is 1. The van der Waals surface area contributed by atoms with Crippen molar-refractivity contribution in [2.75, 3.05) is 31.1 Å². The van der Waals surface area contributed by atoms with Gasteiger partial charge in [0.1, 0.15) is 28.1 Å². The van der Waals surface area contributed by atoms with Crippen molar-refractivity contribution in [2.45, 2.75) is 26.8 Å². The van der Waals surface area contributed by atoms with Crippen LogP contribution in [0.2, 0.25) is 20.1 Å². The molecule has 3 aromatic rings. The van der Waals surface area contributed by atoms with Crippen LogP contribution < -0.4 is 15.8 Å². The summed E-state index contributed by atoms with van der Waals surface area (Å²) in [5.41, 5.74) is 0.0320. The number of dihydropyridines is 1. The number of aromatic hydroxyl groups is 1. The number of nitriles is 1. The van der Waals surface area contributed by atoms with Crippen molar-refractivity contribution in [1.29, 1.82) is 5.26 Å². The molecule has 1 fully saturated rings. The number of allylic oxidation sites excluding steroid dienone is 2. The van der Waals surface area contributed by atoms with Crippen molar-refractivity contribution in [3.63, 3.8) is 0 Å². The molecule has 9 nitrogen and oxygen atoms in total. The SMILES string of the molecule is C=CC(=O)N1CCN(c2c(C#N)c(=O)n(C3=C(C)C=CN[C@@H]3C(C)C)c3nc(-c4c(O)c(Cl)c(Cl)c(Cl)c4F)c(Cl)cc23)CC1. The van der Waals surface area contributed by atoms with Gasteiger partial charge in [0.2, 0.25) is 5.91 Å². The Morgan fingerprint density at radius 2 is 1.87 bits per heavy atom. The molecule has 1 aromatic carbocycles. The van der Waals surface area contributed by atoms with Crippen LogP contribution in [0.5, 0.6) is 5.75 Å². The first-order chi connectivity index (χ1) is 21.3. The molecule has 4 heterocycles. The number of aromatic nitrogens is 2. The number of phenolic OH excluding ortho intramolecular Hbond substituents is 1. The Labute approximate surface area is 278 Å². The van der Waals surface area contributed by atoms with Gasteiger partial charge in [0, 0.05) is 31.6 Å². The average molecular weight is 692 g/mol. The summed E-state index contributed by atoms with van der Waals surface area (Å²) in [4.78, 5) is 34.8. The Bertz CT molecular complexity index is 1910. The number of phenols is 1. The molecule has 2 N–H and O–H groups in total. The molecule has 2 aliphatic rings. The van der Waals surface area contributed by atoms with Crippen molar-refractivity contribution in [3.05, 3.63) is 78.4 Å². The van der Waals surface area contributed by atoms with Gasteiger partial charge in [-0.1, -0.05) is 66.8 Å². The highest BCUT2D eigenvalue weighted by molar-refractivity contribution is 6.49. The summed E-state index contributed by atoms with van der Waals surface area (Å²) in [6, 6.07) is 3.19. The van der Waals surface area contributed by atoms with Gasteiger partial charge < -0.3 is 20.2 Å². The van der Waals surface area contributed by atoms with Crippen LogP contribution in [0.1, 0.15) is 26.3 Å². The van der Waals surface area contributed by atoms with Crippen LogP contribution in [0.4, 0.5) is 10.1 Å². The third kappa shape index (κ3) is 5.42. The summed E-state index contributed by atoms with van der Waals surface area (Å²) < 4.78 is 17.0. The summed E-state index contributed by atoms with van der Waals surface area (Å²) in [5, 5.41) is 23.5. The van der Waals surface area contributed by atoms with Gasteiger partial charge in [0.05, 0.1) is 43.8 Å². The maximum Gasteiger partial charge on any atom is 0.276 e. The molecule has 0 unspecified atom stereocenters. The molecular weight excluding hydrogens is 665 g/mol. The second kappa shape index (κ2) is 12.6. The van der Waals surface area contributed by atoms with Crippen LogP contribution >= 0.6 is 46.4 Å². The Morgan fingerprint density at radius 1 is 1.20 bits per heavy atom. The van der Waals surface area contributed by atoms with Crippen LogP contribution in [0.15, 0.2) is 41.4 Å². The monoisotopic (exact) mass is 690 g/mol. The fraction of sp³-hybridized carbons (Fsp3) is 0.290. The van der Waals surface area contributed by atoms with Gasteiger partial charge >= 0.3 is 0 Å². The van der Waals surface area contributed by atoms with Crippen LogP contribution in [-0.2, 0) is 4.79 Å². The lowest BCUT2D eigenvalue weighted by Crippen LogP contribution is -2.49. The number of amides is 1. The molecule has 0 spiro atoms. The summed E-state index contributed by atoms with van der Waals surface area (Å²) in [7, 11) is 0. The highest BCUT2D eigenvalue weighted by Crippen LogP contribution is 2.48. The zero-order chi connectivity index (χ0) is 32.9. The van der Waals surface area contributed by atoms with E-state index in [2.05, 4.69) is 18.0 Å². The Balaban J connectivity index is 1.90. The molecule has 2 aromatic heterocycles. The topological polar surface area (TPSA) is 114 Å². The average Bonchev–Trinajstić information content (AvgIpc) is 3.02. The number of hydrogen-bond donors (Lipinski definition) is 2. The quantitative estimate of drug-likeness (QED) is 0.176. The highest BCUT2D eigenvalue weighted by Gasteiger charge is 2.33. The minimum Gasteiger partial charge on any atom is -0.506 e. The first kappa shape index (κ1) is 32.6. The number of halogens is 5. The van der Waals surface area contributed by atoms with Gasteiger partial charge in [-0.15, -0.1) is 0 Å². The Morgan fingerprint density at radius 3 is 2.47 bits per heavy atom. The number of carbonyl (C=O) groups excluding carboxylic acids is 1. The maximum atomic E-state index is 15.6. The number of nitrogens with zero attached hydrogens (tertiary/aromatic N) is 5. The van der Waals surface area contributed by atoms with Gasteiger partial charge in [-0.3, -0.25) is 14.2 Å². The number of pyridine rings is 2. The molecule has 1 amide bonds. The molecule has 0 bridgehead atoms. The molecule has 14 heteroatoms. The van der Waals surface area contributed by atoms with E-state index >= 15 is 4.39 Å². The van der Waals surface area contributed by atoms with E-state index in [9.17, 15) is 20.0 Å². The van der Waals surface area contributed by atoms with Gasteiger partial charge in [-0.2, -0.15) is 5.26 Å². The molecule has 2 aliphatic heterocycles. The Hall–Kier alpha value is -3.75.